The van der Waals surface area contributed by atoms with E-state index in [1.54, 1.807) is 19.0 Å². The molecular formula is C22H29N3O3. The predicted molar refractivity (Wildman–Crippen MR) is 113 cm³/mol. The highest BCUT2D eigenvalue weighted by Crippen LogP contribution is 2.17. The average Bonchev–Trinajstić information content (AvgIpc) is 2.65. The third-order valence-electron chi connectivity index (χ3n) is 4.02. The topological polar surface area (TPSA) is 70.7 Å². The van der Waals surface area contributed by atoms with Crippen LogP contribution in [0.15, 0.2) is 48.5 Å². The zero-order chi connectivity index (χ0) is 20.5. The van der Waals surface area contributed by atoms with Gasteiger partial charge in [-0.05, 0) is 62.2 Å². The SMILES string of the molecule is CC(C)Oc1ccc(NCC(=O)Nc2cccc(CCC(=O)N(C)C)c2)cc1. The summed E-state index contributed by atoms with van der Waals surface area (Å²) in [7, 11) is 3.49. The van der Waals surface area contributed by atoms with Gasteiger partial charge in [-0.15, -0.1) is 0 Å². The van der Waals surface area contributed by atoms with Crippen molar-refractivity contribution in [3.63, 3.8) is 0 Å². The summed E-state index contributed by atoms with van der Waals surface area (Å²) in [6.45, 7) is 4.12. The maximum atomic E-state index is 12.2. The Labute approximate surface area is 166 Å². The Hall–Kier alpha value is -3.02. The third kappa shape index (κ3) is 7.31. The van der Waals surface area contributed by atoms with Gasteiger partial charge < -0.3 is 20.3 Å². The van der Waals surface area contributed by atoms with Crippen LogP contribution < -0.4 is 15.4 Å². The van der Waals surface area contributed by atoms with Gasteiger partial charge in [0.2, 0.25) is 11.8 Å². The first-order valence-electron chi connectivity index (χ1n) is 9.43. The van der Waals surface area contributed by atoms with E-state index in [2.05, 4.69) is 10.6 Å². The minimum atomic E-state index is -0.135. The Balaban J connectivity index is 1.82. The van der Waals surface area contributed by atoms with Crippen LogP contribution in [0, 0.1) is 0 Å². The minimum absolute atomic E-state index is 0.0865. The molecule has 2 rings (SSSR count). The fourth-order valence-electron chi connectivity index (χ4n) is 2.59. The fourth-order valence-corrected chi connectivity index (χ4v) is 2.59. The van der Waals surface area contributed by atoms with Gasteiger partial charge in [-0.3, -0.25) is 9.59 Å². The van der Waals surface area contributed by atoms with Crippen molar-refractivity contribution in [3.8, 4) is 5.75 Å². The number of anilines is 2. The molecular weight excluding hydrogens is 354 g/mol. The van der Waals surface area contributed by atoms with Gasteiger partial charge in [-0.25, -0.2) is 0 Å². The van der Waals surface area contributed by atoms with Crippen molar-refractivity contribution in [1.82, 2.24) is 4.90 Å². The van der Waals surface area contributed by atoms with Crippen molar-refractivity contribution >= 4 is 23.2 Å². The molecule has 0 aliphatic carbocycles. The molecule has 28 heavy (non-hydrogen) atoms. The number of carbonyl (C=O) groups is 2. The van der Waals surface area contributed by atoms with Crippen molar-refractivity contribution in [2.45, 2.75) is 32.8 Å². The highest BCUT2D eigenvalue weighted by atomic mass is 16.5. The normalized spacial score (nSPS) is 10.5. The molecule has 0 saturated heterocycles. The molecule has 0 heterocycles. The van der Waals surface area contributed by atoms with Gasteiger partial charge in [0, 0.05) is 31.9 Å². The lowest BCUT2D eigenvalue weighted by molar-refractivity contribution is -0.128. The largest absolute Gasteiger partial charge is 0.491 e. The summed E-state index contributed by atoms with van der Waals surface area (Å²) in [5, 5.41) is 5.97. The molecule has 2 N–H and O–H groups in total. The summed E-state index contributed by atoms with van der Waals surface area (Å²) < 4.78 is 5.60. The molecule has 0 fully saturated rings. The van der Waals surface area contributed by atoms with Gasteiger partial charge in [0.25, 0.3) is 0 Å². The van der Waals surface area contributed by atoms with Gasteiger partial charge in [0.05, 0.1) is 12.6 Å². The second-order valence-corrected chi connectivity index (χ2v) is 7.08. The molecule has 0 bridgehead atoms. The highest BCUT2D eigenvalue weighted by Gasteiger charge is 2.07. The Morgan fingerprint density at radius 2 is 1.75 bits per heavy atom. The number of nitrogens with zero attached hydrogens (tertiary/aromatic N) is 1. The molecule has 0 radical (unpaired) electrons. The van der Waals surface area contributed by atoms with E-state index >= 15 is 0 Å². The number of nitrogens with one attached hydrogen (secondary N) is 2. The van der Waals surface area contributed by atoms with Crippen LogP contribution in [0.4, 0.5) is 11.4 Å². The Morgan fingerprint density at radius 1 is 1.04 bits per heavy atom. The van der Waals surface area contributed by atoms with Gasteiger partial charge in [0.15, 0.2) is 0 Å². The molecule has 6 nitrogen and oxygen atoms in total. The van der Waals surface area contributed by atoms with Crippen LogP contribution in [0.1, 0.15) is 25.8 Å². The molecule has 0 spiro atoms. The van der Waals surface area contributed by atoms with Crippen LogP contribution in [-0.2, 0) is 16.0 Å². The molecule has 0 unspecified atom stereocenters. The first-order chi connectivity index (χ1) is 13.3. The van der Waals surface area contributed by atoms with Crippen LogP contribution in [0.5, 0.6) is 5.75 Å². The Morgan fingerprint density at radius 3 is 2.39 bits per heavy atom. The van der Waals surface area contributed by atoms with E-state index in [1.165, 1.54) is 0 Å². The van der Waals surface area contributed by atoms with E-state index in [0.717, 1.165) is 22.7 Å². The van der Waals surface area contributed by atoms with E-state index in [-0.39, 0.29) is 24.5 Å². The number of amides is 2. The fraction of sp³-hybridized carbons (Fsp3) is 0.364. The summed E-state index contributed by atoms with van der Waals surface area (Å²) >= 11 is 0. The highest BCUT2D eigenvalue weighted by molar-refractivity contribution is 5.93. The maximum Gasteiger partial charge on any atom is 0.243 e. The van der Waals surface area contributed by atoms with E-state index in [9.17, 15) is 9.59 Å². The minimum Gasteiger partial charge on any atom is -0.491 e. The zero-order valence-electron chi connectivity index (χ0n) is 17.0. The zero-order valence-corrected chi connectivity index (χ0v) is 17.0. The van der Waals surface area contributed by atoms with E-state index in [4.69, 9.17) is 4.74 Å². The molecule has 6 heteroatoms. The third-order valence-corrected chi connectivity index (χ3v) is 4.02. The Kier molecular flexibility index (Phi) is 7.87. The van der Waals surface area contributed by atoms with Gasteiger partial charge in [-0.2, -0.15) is 0 Å². The lowest BCUT2D eigenvalue weighted by Crippen LogP contribution is -2.22. The van der Waals surface area contributed by atoms with Crippen molar-refractivity contribution in [2.75, 3.05) is 31.3 Å². The van der Waals surface area contributed by atoms with Gasteiger partial charge in [0.1, 0.15) is 5.75 Å². The van der Waals surface area contributed by atoms with Crippen molar-refractivity contribution in [1.29, 1.82) is 0 Å². The number of hydrogen-bond acceptors (Lipinski definition) is 4. The van der Waals surface area contributed by atoms with E-state index in [0.29, 0.717) is 12.8 Å². The van der Waals surface area contributed by atoms with Crippen molar-refractivity contribution in [2.24, 2.45) is 0 Å². The lowest BCUT2D eigenvalue weighted by atomic mass is 10.1. The maximum absolute atomic E-state index is 12.2. The number of hydrogen-bond donors (Lipinski definition) is 2. The van der Waals surface area contributed by atoms with Gasteiger partial charge in [-0.1, -0.05) is 12.1 Å². The number of rotatable bonds is 9. The standard InChI is InChI=1S/C22H29N3O3/c1-16(2)28-20-11-9-18(10-12-20)23-15-21(26)24-19-7-5-6-17(14-19)8-13-22(27)25(3)4/h5-7,9-12,14,16,23H,8,13,15H2,1-4H3,(H,24,26). The summed E-state index contributed by atoms with van der Waals surface area (Å²) in [6.07, 6.45) is 1.22. The number of carbonyl (C=O) groups excluding carboxylic acids is 2. The average molecular weight is 383 g/mol. The van der Waals surface area contributed by atoms with Crippen molar-refractivity contribution in [3.05, 3.63) is 54.1 Å². The number of aryl methyl sites for hydroxylation is 1. The first kappa shape index (κ1) is 21.3. The van der Waals surface area contributed by atoms with Crippen LogP contribution in [-0.4, -0.2) is 43.5 Å². The van der Waals surface area contributed by atoms with Crippen LogP contribution >= 0.6 is 0 Å². The molecule has 2 aromatic carbocycles. The second kappa shape index (κ2) is 10.3. The van der Waals surface area contributed by atoms with E-state index < -0.39 is 0 Å². The predicted octanol–water partition coefficient (Wildman–Crippen LogP) is 3.55. The van der Waals surface area contributed by atoms with Crippen LogP contribution in [0.2, 0.25) is 0 Å². The summed E-state index contributed by atoms with van der Waals surface area (Å²) in [4.78, 5) is 25.5. The van der Waals surface area contributed by atoms with Gasteiger partial charge >= 0.3 is 0 Å². The summed E-state index contributed by atoms with van der Waals surface area (Å²) in [5.74, 6) is 0.752. The molecule has 2 amide bonds. The molecule has 0 atom stereocenters. The molecule has 0 aliphatic heterocycles. The van der Waals surface area contributed by atoms with Crippen LogP contribution in [0.3, 0.4) is 0 Å². The van der Waals surface area contributed by atoms with Crippen LogP contribution in [0.25, 0.3) is 0 Å². The molecule has 0 aromatic heterocycles. The molecule has 0 saturated carbocycles. The quantitative estimate of drug-likeness (QED) is 0.695. The monoisotopic (exact) mass is 383 g/mol. The molecule has 0 aliphatic rings. The summed E-state index contributed by atoms with van der Waals surface area (Å²) in [6, 6.07) is 15.1. The van der Waals surface area contributed by atoms with Crippen molar-refractivity contribution < 1.29 is 14.3 Å². The summed E-state index contributed by atoms with van der Waals surface area (Å²) in [5.41, 5.74) is 2.59. The smallest absolute Gasteiger partial charge is 0.243 e. The molecule has 150 valence electrons. The number of benzene rings is 2. The first-order valence-corrected chi connectivity index (χ1v) is 9.43. The second-order valence-electron chi connectivity index (χ2n) is 7.08. The molecule has 2 aromatic rings. The van der Waals surface area contributed by atoms with E-state index in [1.807, 2.05) is 62.4 Å². The lowest BCUT2D eigenvalue weighted by Gasteiger charge is -2.12. The number of ether oxygens (including phenoxy) is 1. The Bertz CT molecular complexity index is 786.